The summed E-state index contributed by atoms with van der Waals surface area (Å²) in [6, 6.07) is 7.90. The SMILES string of the molecule is N[C@H]1CCN(C(=O)[C@@H]2COc3ccccc32)C1. The second-order valence-electron chi connectivity index (χ2n) is 4.73. The third-order valence-electron chi connectivity index (χ3n) is 3.53. The molecule has 0 aromatic heterocycles. The van der Waals surface area contributed by atoms with E-state index in [1.165, 1.54) is 0 Å². The number of likely N-dealkylation sites (tertiary alicyclic amines) is 1. The molecule has 0 bridgehead atoms. The average molecular weight is 232 g/mol. The zero-order valence-electron chi connectivity index (χ0n) is 9.63. The third-order valence-corrected chi connectivity index (χ3v) is 3.53. The summed E-state index contributed by atoms with van der Waals surface area (Å²) in [5.41, 5.74) is 6.84. The van der Waals surface area contributed by atoms with Gasteiger partial charge in [0.05, 0.1) is 0 Å². The molecule has 0 aliphatic carbocycles. The van der Waals surface area contributed by atoms with E-state index < -0.39 is 0 Å². The molecule has 1 aromatic rings. The Morgan fingerprint density at radius 2 is 2.24 bits per heavy atom. The first kappa shape index (κ1) is 10.6. The van der Waals surface area contributed by atoms with Gasteiger partial charge in [0.15, 0.2) is 0 Å². The second-order valence-corrected chi connectivity index (χ2v) is 4.73. The van der Waals surface area contributed by atoms with E-state index in [9.17, 15) is 4.79 Å². The predicted octanol–water partition coefficient (Wildman–Crippen LogP) is 0.722. The highest BCUT2D eigenvalue weighted by Crippen LogP contribution is 2.35. The number of benzene rings is 1. The summed E-state index contributed by atoms with van der Waals surface area (Å²) in [7, 11) is 0. The molecule has 4 heteroatoms. The van der Waals surface area contributed by atoms with Crippen molar-refractivity contribution in [2.45, 2.75) is 18.4 Å². The topological polar surface area (TPSA) is 55.6 Å². The fraction of sp³-hybridized carbons (Fsp3) is 0.462. The monoisotopic (exact) mass is 232 g/mol. The van der Waals surface area contributed by atoms with Gasteiger partial charge in [-0.3, -0.25) is 4.79 Å². The Balaban J connectivity index is 1.80. The maximum absolute atomic E-state index is 12.3. The van der Waals surface area contributed by atoms with Crippen molar-refractivity contribution in [1.29, 1.82) is 0 Å². The quantitative estimate of drug-likeness (QED) is 0.776. The number of nitrogens with two attached hydrogens (primary N) is 1. The van der Waals surface area contributed by atoms with Crippen molar-refractivity contribution in [3.63, 3.8) is 0 Å². The van der Waals surface area contributed by atoms with Gasteiger partial charge in [0.1, 0.15) is 18.3 Å². The third kappa shape index (κ3) is 1.78. The van der Waals surface area contributed by atoms with Crippen LogP contribution in [0.2, 0.25) is 0 Å². The lowest BCUT2D eigenvalue weighted by Crippen LogP contribution is -2.35. The molecule has 1 fully saturated rings. The van der Waals surface area contributed by atoms with Gasteiger partial charge in [-0.1, -0.05) is 18.2 Å². The Bertz CT molecular complexity index is 447. The smallest absolute Gasteiger partial charge is 0.233 e. The van der Waals surface area contributed by atoms with Crippen LogP contribution in [0.4, 0.5) is 0 Å². The number of hydrogen-bond acceptors (Lipinski definition) is 3. The molecule has 0 unspecified atom stereocenters. The molecule has 90 valence electrons. The summed E-state index contributed by atoms with van der Waals surface area (Å²) in [5.74, 6) is 0.855. The average Bonchev–Trinajstić information content (AvgIpc) is 2.94. The van der Waals surface area contributed by atoms with Crippen LogP contribution in [0.5, 0.6) is 5.75 Å². The summed E-state index contributed by atoms with van der Waals surface area (Å²) >= 11 is 0. The predicted molar refractivity (Wildman–Crippen MR) is 63.9 cm³/mol. The number of carbonyl (C=O) groups is 1. The van der Waals surface area contributed by atoms with E-state index in [2.05, 4.69) is 0 Å². The van der Waals surface area contributed by atoms with E-state index in [4.69, 9.17) is 10.5 Å². The van der Waals surface area contributed by atoms with Crippen LogP contribution in [0.15, 0.2) is 24.3 Å². The van der Waals surface area contributed by atoms with Gasteiger partial charge < -0.3 is 15.4 Å². The van der Waals surface area contributed by atoms with Crippen LogP contribution in [-0.4, -0.2) is 36.5 Å². The van der Waals surface area contributed by atoms with Crippen molar-refractivity contribution in [2.75, 3.05) is 19.7 Å². The Kier molecular flexibility index (Phi) is 2.52. The van der Waals surface area contributed by atoms with E-state index in [1.54, 1.807) is 0 Å². The Morgan fingerprint density at radius 1 is 1.41 bits per heavy atom. The molecule has 0 radical (unpaired) electrons. The van der Waals surface area contributed by atoms with Gasteiger partial charge in [0.2, 0.25) is 5.91 Å². The van der Waals surface area contributed by atoms with Gasteiger partial charge in [-0.25, -0.2) is 0 Å². The molecule has 4 nitrogen and oxygen atoms in total. The van der Waals surface area contributed by atoms with E-state index >= 15 is 0 Å². The molecule has 0 spiro atoms. The number of rotatable bonds is 1. The van der Waals surface area contributed by atoms with Crippen LogP contribution in [0.3, 0.4) is 0 Å². The molecule has 0 saturated carbocycles. The Labute approximate surface area is 100 Å². The first-order valence-electron chi connectivity index (χ1n) is 6.02. The number of hydrogen-bond donors (Lipinski definition) is 1. The first-order valence-corrected chi connectivity index (χ1v) is 6.02. The van der Waals surface area contributed by atoms with E-state index in [1.807, 2.05) is 29.2 Å². The number of ether oxygens (including phenoxy) is 1. The zero-order chi connectivity index (χ0) is 11.8. The normalized spacial score (nSPS) is 26.8. The van der Waals surface area contributed by atoms with Gasteiger partial charge >= 0.3 is 0 Å². The second kappa shape index (κ2) is 4.04. The van der Waals surface area contributed by atoms with E-state index in [-0.39, 0.29) is 17.9 Å². The summed E-state index contributed by atoms with van der Waals surface area (Å²) < 4.78 is 5.54. The zero-order valence-corrected chi connectivity index (χ0v) is 9.63. The Hall–Kier alpha value is -1.55. The minimum absolute atomic E-state index is 0.136. The highest BCUT2D eigenvalue weighted by atomic mass is 16.5. The molecular formula is C13H16N2O2. The molecule has 17 heavy (non-hydrogen) atoms. The lowest BCUT2D eigenvalue weighted by atomic mass is 10.00. The largest absolute Gasteiger partial charge is 0.492 e. The molecule has 2 aliphatic heterocycles. The van der Waals surface area contributed by atoms with Crippen molar-refractivity contribution >= 4 is 5.91 Å². The summed E-state index contributed by atoms with van der Waals surface area (Å²) in [4.78, 5) is 14.2. The van der Waals surface area contributed by atoms with Crippen molar-refractivity contribution in [3.8, 4) is 5.75 Å². The summed E-state index contributed by atoms with van der Waals surface area (Å²) in [6.07, 6.45) is 0.904. The molecule has 1 aromatic carbocycles. The van der Waals surface area contributed by atoms with Crippen molar-refractivity contribution in [2.24, 2.45) is 5.73 Å². The van der Waals surface area contributed by atoms with Gasteiger partial charge in [-0.15, -0.1) is 0 Å². The van der Waals surface area contributed by atoms with E-state index in [0.29, 0.717) is 13.2 Å². The van der Waals surface area contributed by atoms with Gasteiger partial charge in [0, 0.05) is 24.7 Å². The number of para-hydroxylation sites is 1. The van der Waals surface area contributed by atoms with Crippen LogP contribution < -0.4 is 10.5 Å². The maximum atomic E-state index is 12.3. The lowest BCUT2D eigenvalue weighted by Gasteiger charge is -2.19. The highest BCUT2D eigenvalue weighted by Gasteiger charge is 2.35. The number of carbonyl (C=O) groups excluding carboxylic acids is 1. The molecule has 3 rings (SSSR count). The number of amides is 1. The minimum Gasteiger partial charge on any atom is -0.492 e. The van der Waals surface area contributed by atoms with E-state index in [0.717, 1.165) is 24.3 Å². The van der Waals surface area contributed by atoms with Gasteiger partial charge in [-0.05, 0) is 12.5 Å². The fourth-order valence-corrected chi connectivity index (χ4v) is 2.57. The molecule has 1 amide bonds. The maximum Gasteiger partial charge on any atom is 0.233 e. The molecule has 2 atom stereocenters. The number of nitrogens with zero attached hydrogens (tertiary/aromatic N) is 1. The van der Waals surface area contributed by atoms with Crippen molar-refractivity contribution in [1.82, 2.24) is 4.90 Å². The minimum atomic E-state index is -0.142. The Morgan fingerprint density at radius 3 is 3.00 bits per heavy atom. The van der Waals surface area contributed by atoms with Crippen LogP contribution in [-0.2, 0) is 4.79 Å². The number of fused-ring (bicyclic) bond motifs is 1. The molecule has 2 N–H and O–H groups in total. The summed E-state index contributed by atoms with van der Waals surface area (Å²) in [6.45, 7) is 1.92. The standard InChI is InChI=1S/C13H16N2O2/c14-9-5-6-15(7-9)13(16)11-8-17-12-4-2-1-3-10(11)12/h1-4,9,11H,5-8,14H2/t9-,11+/m0/s1. The first-order chi connectivity index (χ1) is 8.25. The van der Waals surface area contributed by atoms with Crippen molar-refractivity contribution < 1.29 is 9.53 Å². The molecule has 2 aliphatic rings. The molecule has 1 saturated heterocycles. The van der Waals surface area contributed by atoms with Crippen LogP contribution in [0.1, 0.15) is 17.9 Å². The van der Waals surface area contributed by atoms with Crippen LogP contribution >= 0.6 is 0 Å². The van der Waals surface area contributed by atoms with Gasteiger partial charge in [-0.2, -0.15) is 0 Å². The van der Waals surface area contributed by atoms with Crippen LogP contribution in [0.25, 0.3) is 0 Å². The summed E-state index contributed by atoms with van der Waals surface area (Å²) in [5, 5.41) is 0. The van der Waals surface area contributed by atoms with Gasteiger partial charge in [0.25, 0.3) is 0 Å². The lowest BCUT2D eigenvalue weighted by molar-refractivity contribution is -0.132. The highest BCUT2D eigenvalue weighted by molar-refractivity contribution is 5.85. The molecular weight excluding hydrogens is 216 g/mol. The molecule has 2 heterocycles. The van der Waals surface area contributed by atoms with Crippen LogP contribution in [0, 0.1) is 0 Å². The fourth-order valence-electron chi connectivity index (χ4n) is 2.57. The van der Waals surface area contributed by atoms with Crippen molar-refractivity contribution in [3.05, 3.63) is 29.8 Å².